The van der Waals surface area contributed by atoms with E-state index < -0.39 is 36.4 Å². The van der Waals surface area contributed by atoms with Crippen LogP contribution in [0.15, 0.2) is 49.6 Å². The van der Waals surface area contributed by atoms with Gasteiger partial charge in [0.25, 0.3) is 0 Å². The van der Waals surface area contributed by atoms with Gasteiger partial charge in [-0.2, -0.15) is 13.2 Å². The predicted molar refractivity (Wildman–Crippen MR) is 101 cm³/mol. The molecule has 1 aromatic carbocycles. The monoisotopic (exact) mass is 398 g/mol. The zero-order valence-electron chi connectivity index (χ0n) is 16.2. The van der Waals surface area contributed by atoms with Crippen LogP contribution in [-0.4, -0.2) is 47.8 Å². The van der Waals surface area contributed by atoms with E-state index in [1.807, 2.05) is 0 Å². The number of benzene rings is 1. The maximum absolute atomic E-state index is 12.9. The molecule has 0 saturated carbocycles. The highest BCUT2D eigenvalue weighted by molar-refractivity contribution is 5.83. The molecule has 1 aromatic rings. The highest BCUT2D eigenvalue weighted by Crippen LogP contribution is 2.22. The van der Waals surface area contributed by atoms with E-state index >= 15 is 0 Å². The second-order valence-corrected chi connectivity index (χ2v) is 7.09. The van der Waals surface area contributed by atoms with Gasteiger partial charge < -0.3 is 15.0 Å². The average molecular weight is 398 g/mol. The van der Waals surface area contributed by atoms with Crippen molar-refractivity contribution in [2.45, 2.75) is 38.6 Å². The SMILES string of the molecule is C=CCN(C[C@@H](NC(=O)OC(C)(C)C)C(=C)c1ccccc1)C(=O)C(F)(F)F. The second kappa shape index (κ2) is 9.43. The Kier molecular flexibility index (Phi) is 7.84. The van der Waals surface area contributed by atoms with Crippen LogP contribution in [0.25, 0.3) is 5.57 Å². The number of rotatable bonds is 7. The van der Waals surface area contributed by atoms with E-state index in [2.05, 4.69) is 18.5 Å². The van der Waals surface area contributed by atoms with Crippen LogP contribution < -0.4 is 5.32 Å². The lowest BCUT2D eigenvalue weighted by Crippen LogP contribution is -2.50. The fraction of sp³-hybridized carbons (Fsp3) is 0.400. The molecule has 1 atom stereocenters. The van der Waals surface area contributed by atoms with E-state index in [0.717, 1.165) is 0 Å². The quantitative estimate of drug-likeness (QED) is 0.702. The van der Waals surface area contributed by atoms with Crippen LogP contribution in [0.3, 0.4) is 0 Å². The summed E-state index contributed by atoms with van der Waals surface area (Å²) in [7, 11) is 0. The Hall–Kier alpha value is -2.77. The Morgan fingerprint density at radius 3 is 2.25 bits per heavy atom. The molecule has 0 bridgehead atoms. The lowest BCUT2D eigenvalue weighted by molar-refractivity contribution is -0.185. The number of halogens is 3. The number of hydrogen-bond acceptors (Lipinski definition) is 3. The largest absolute Gasteiger partial charge is 0.471 e. The van der Waals surface area contributed by atoms with Gasteiger partial charge in [0.2, 0.25) is 0 Å². The fourth-order valence-corrected chi connectivity index (χ4v) is 2.34. The summed E-state index contributed by atoms with van der Waals surface area (Å²) >= 11 is 0. The van der Waals surface area contributed by atoms with Crippen molar-refractivity contribution in [3.8, 4) is 0 Å². The van der Waals surface area contributed by atoms with E-state index in [1.54, 1.807) is 51.1 Å². The Morgan fingerprint density at radius 2 is 1.79 bits per heavy atom. The summed E-state index contributed by atoms with van der Waals surface area (Å²) in [6.07, 6.45) is -4.69. The maximum Gasteiger partial charge on any atom is 0.471 e. The lowest BCUT2D eigenvalue weighted by atomic mass is 9.99. The number of alkyl halides is 3. The molecule has 0 heterocycles. The minimum absolute atomic E-state index is 0.340. The Labute approximate surface area is 162 Å². The van der Waals surface area contributed by atoms with E-state index in [4.69, 9.17) is 4.74 Å². The number of amides is 2. The minimum atomic E-state index is -5.05. The molecule has 0 spiro atoms. The van der Waals surface area contributed by atoms with Crippen molar-refractivity contribution >= 4 is 17.6 Å². The predicted octanol–water partition coefficient (Wildman–Crippen LogP) is 4.17. The van der Waals surface area contributed by atoms with Crippen LogP contribution in [0, 0.1) is 0 Å². The standard InChI is InChI=1S/C20H25F3N2O3/c1-6-12-25(17(26)20(21,22)23)13-16(24-18(27)28-19(3,4)5)14(2)15-10-8-7-9-11-15/h6-11,16H,1-2,12-13H2,3-5H3,(H,24,27)/t16-/m1/s1. The lowest BCUT2D eigenvalue weighted by Gasteiger charge is -2.30. The molecule has 0 radical (unpaired) electrons. The number of nitrogens with one attached hydrogen (secondary N) is 1. The molecule has 8 heteroatoms. The second-order valence-electron chi connectivity index (χ2n) is 7.09. The van der Waals surface area contributed by atoms with Gasteiger partial charge in [0.1, 0.15) is 5.60 Å². The molecule has 2 amide bonds. The molecule has 0 fully saturated rings. The molecule has 5 nitrogen and oxygen atoms in total. The first-order valence-electron chi connectivity index (χ1n) is 8.56. The van der Waals surface area contributed by atoms with Crippen LogP contribution in [0.2, 0.25) is 0 Å². The molecule has 0 aliphatic carbocycles. The van der Waals surface area contributed by atoms with Gasteiger partial charge in [0.15, 0.2) is 0 Å². The zero-order chi connectivity index (χ0) is 21.5. The first kappa shape index (κ1) is 23.3. The third-order valence-electron chi connectivity index (χ3n) is 3.54. The highest BCUT2D eigenvalue weighted by Gasteiger charge is 2.43. The third kappa shape index (κ3) is 7.46. The summed E-state index contributed by atoms with van der Waals surface area (Å²) in [5.74, 6) is -2.02. The molecule has 1 N–H and O–H groups in total. The van der Waals surface area contributed by atoms with E-state index in [0.29, 0.717) is 16.0 Å². The van der Waals surface area contributed by atoms with Gasteiger partial charge in [-0.3, -0.25) is 4.79 Å². The molecule has 28 heavy (non-hydrogen) atoms. The van der Waals surface area contributed by atoms with E-state index in [-0.39, 0.29) is 6.54 Å². The number of nitrogens with zero attached hydrogens (tertiary/aromatic N) is 1. The van der Waals surface area contributed by atoms with Crippen molar-refractivity contribution in [1.82, 2.24) is 10.2 Å². The number of carbonyl (C=O) groups excluding carboxylic acids is 2. The zero-order valence-corrected chi connectivity index (χ0v) is 16.2. The molecular formula is C20H25F3N2O3. The van der Waals surface area contributed by atoms with Crippen LogP contribution in [-0.2, 0) is 9.53 Å². The molecule has 0 unspecified atom stereocenters. The molecular weight excluding hydrogens is 373 g/mol. The molecule has 0 aliphatic rings. The summed E-state index contributed by atoms with van der Waals surface area (Å²) in [6, 6.07) is 7.64. The van der Waals surface area contributed by atoms with Crippen molar-refractivity contribution in [3.05, 3.63) is 55.1 Å². The van der Waals surface area contributed by atoms with Crippen LogP contribution >= 0.6 is 0 Å². The summed E-state index contributed by atoms with van der Waals surface area (Å²) in [5, 5.41) is 2.51. The van der Waals surface area contributed by atoms with Crippen molar-refractivity contribution < 1.29 is 27.5 Å². The molecule has 1 rings (SSSR count). The van der Waals surface area contributed by atoms with Crippen molar-refractivity contribution in [2.24, 2.45) is 0 Å². The van der Waals surface area contributed by atoms with Crippen LogP contribution in [0.5, 0.6) is 0 Å². The molecule has 0 aromatic heterocycles. The summed E-state index contributed by atoms with van der Waals surface area (Å²) in [5.41, 5.74) is 0.155. The third-order valence-corrected chi connectivity index (χ3v) is 3.54. The van der Waals surface area contributed by atoms with E-state index in [1.165, 1.54) is 6.08 Å². The van der Waals surface area contributed by atoms with Gasteiger partial charge >= 0.3 is 18.2 Å². The number of hydrogen-bond donors (Lipinski definition) is 1. The van der Waals surface area contributed by atoms with Crippen molar-refractivity contribution in [2.75, 3.05) is 13.1 Å². The van der Waals surface area contributed by atoms with Gasteiger partial charge in [-0.1, -0.05) is 43.0 Å². The maximum atomic E-state index is 12.9. The minimum Gasteiger partial charge on any atom is -0.444 e. The molecule has 0 saturated heterocycles. The smallest absolute Gasteiger partial charge is 0.444 e. The normalized spacial score (nSPS) is 12.6. The van der Waals surface area contributed by atoms with Crippen molar-refractivity contribution in [3.63, 3.8) is 0 Å². The summed E-state index contributed by atoms with van der Waals surface area (Å²) < 4.78 is 44.0. The molecule has 154 valence electrons. The fourth-order valence-electron chi connectivity index (χ4n) is 2.34. The van der Waals surface area contributed by atoms with Gasteiger partial charge in [-0.05, 0) is 31.9 Å². The van der Waals surface area contributed by atoms with Gasteiger partial charge in [0, 0.05) is 13.1 Å². The summed E-state index contributed by atoms with van der Waals surface area (Å²) in [4.78, 5) is 24.5. The van der Waals surface area contributed by atoms with E-state index in [9.17, 15) is 22.8 Å². The summed E-state index contributed by atoms with van der Waals surface area (Å²) in [6.45, 7) is 11.5. The average Bonchev–Trinajstić information content (AvgIpc) is 2.57. The van der Waals surface area contributed by atoms with Gasteiger partial charge in [0.05, 0.1) is 6.04 Å². The van der Waals surface area contributed by atoms with Gasteiger partial charge in [-0.25, -0.2) is 4.79 Å². The Morgan fingerprint density at radius 1 is 1.21 bits per heavy atom. The molecule has 0 aliphatic heterocycles. The Balaban J connectivity index is 3.13. The number of carbonyl (C=O) groups is 2. The number of alkyl carbamates (subject to hydrolysis) is 1. The number of ether oxygens (including phenoxy) is 1. The highest BCUT2D eigenvalue weighted by atomic mass is 19.4. The van der Waals surface area contributed by atoms with Crippen LogP contribution in [0.1, 0.15) is 26.3 Å². The topological polar surface area (TPSA) is 58.6 Å². The Bertz CT molecular complexity index is 710. The first-order valence-corrected chi connectivity index (χ1v) is 8.56. The first-order chi connectivity index (χ1) is 12.8. The van der Waals surface area contributed by atoms with Gasteiger partial charge in [-0.15, -0.1) is 6.58 Å². The van der Waals surface area contributed by atoms with Crippen LogP contribution in [0.4, 0.5) is 18.0 Å². The van der Waals surface area contributed by atoms with Crippen molar-refractivity contribution in [1.29, 1.82) is 0 Å².